The fourth-order valence-electron chi connectivity index (χ4n) is 2.64. The van der Waals surface area contributed by atoms with E-state index < -0.39 is 0 Å². The van der Waals surface area contributed by atoms with Gasteiger partial charge in [-0.05, 0) is 23.4 Å². The molecule has 3 rings (SSSR count). The predicted molar refractivity (Wildman–Crippen MR) is 99.6 cm³/mol. The zero-order valence-corrected chi connectivity index (χ0v) is 15.3. The highest BCUT2D eigenvalue weighted by Gasteiger charge is 2.24. The van der Waals surface area contributed by atoms with E-state index in [9.17, 15) is 9.59 Å². The zero-order valence-electron chi connectivity index (χ0n) is 14.4. The predicted octanol–water partition coefficient (Wildman–Crippen LogP) is 2.62. The van der Waals surface area contributed by atoms with E-state index >= 15 is 0 Å². The third-order valence-electron chi connectivity index (χ3n) is 3.96. The molecule has 0 unspecified atom stereocenters. The molecule has 0 atom stereocenters. The summed E-state index contributed by atoms with van der Waals surface area (Å²) in [6, 6.07) is 11.1. The van der Waals surface area contributed by atoms with Crippen LogP contribution >= 0.6 is 11.8 Å². The fourth-order valence-corrected chi connectivity index (χ4v) is 3.29. The standard InChI is InChI=1S/C18H22N4O2S/c1-13(2)25-12-17(23)21-8-9-22-15(11-21)10-16(20-22)18(24)19-14-6-4-3-5-7-14/h3-7,10,13H,8-9,11-12H2,1-2H3,(H,19,24). The van der Waals surface area contributed by atoms with Gasteiger partial charge in [-0.25, -0.2) is 0 Å². The van der Waals surface area contributed by atoms with Crippen LogP contribution in [0, 0.1) is 0 Å². The van der Waals surface area contributed by atoms with E-state index in [0.717, 1.165) is 11.4 Å². The molecule has 1 aliphatic rings. The van der Waals surface area contributed by atoms with Gasteiger partial charge < -0.3 is 10.2 Å². The first-order valence-corrected chi connectivity index (χ1v) is 9.40. The van der Waals surface area contributed by atoms with Gasteiger partial charge in [0.25, 0.3) is 5.91 Å². The number of para-hydroxylation sites is 1. The maximum Gasteiger partial charge on any atom is 0.276 e. The van der Waals surface area contributed by atoms with Crippen molar-refractivity contribution in [3.63, 3.8) is 0 Å². The van der Waals surface area contributed by atoms with Crippen LogP contribution in [0.3, 0.4) is 0 Å². The van der Waals surface area contributed by atoms with Crippen LogP contribution < -0.4 is 5.32 Å². The Labute approximate surface area is 151 Å². The van der Waals surface area contributed by atoms with Crippen LogP contribution in [0.2, 0.25) is 0 Å². The molecule has 6 nitrogen and oxygen atoms in total. The Morgan fingerprint density at radius 1 is 1.24 bits per heavy atom. The molecule has 1 aromatic carbocycles. The van der Waals surface area contributed by atoms with E-state index in [1.807, 2.05) is 39.9 Å². The lowest BCUT2D eigenvalue weighted by Gasteiger charge is -2.27. The van der Waals surface area contributed by atoms with Gasteiger partial charge >= 0.3 is 0 Å². The third-order valence-corrected chi connectivity index (χ3v) is 5.04. The molecule has 1 aliphatic heterocycles. The molecule has 1 aromatic heterocycles. The highest BCUT2D eigenvalue weighted by molar-refractivity contribution is 8.00. The summed E-state index contributed by atoms with van der Waals surface area (Å²) in [7, 11) is 0. The Morgan fingerprint density at radius 3 is 2.72 bits per heavy atom. The lowest BCUT2D eigenvalue weighted by atomic mass is 10.2. The molecule has 0 fully saturated rings. The van der Waals surface area contributed by atoms with Gasteiger partial charge in [-0.1, -0.05) is 32.0 Å². The Kier molecular flexibility index (Phi) is 5.43. The van der Waals surface area contributed by atoms with Gasteiger partial charge in [0.15, 0.2) is 5.69 Å². The van der Waals surface area contributed by atoms with Gasteiger partial charge in [0, 0.05) is 12.2 Å². The molecule has 2 aromatic rings. The summed E-state index contributed by atoms with van der Waals surface area (Å²) in [6.07, 6.45) is 0. The molecule has 0 bridgehead atoms. The van der Waals surface area contributed by atoms with Gasteiger partial charge in [-0.15, -0.1) is 11.8 Å². The lowest BCUT2D eigenvalue weighted by molar-refractivity contribution is -0.129. The van der Waals surface area contributed by atoms with Crippen LogP contribution in [0.1, 0.15) is 30.0 Å². The summed E-state index contributed by atoms with van der Waals surface area (Å²) < 4.78 is 1.82. The van der Waals surface area contributed by atoms with Gasteiger partial charge in [-0.3, -0.25) is 14.3 Å². The Balaban J connectivity index is 1.64. The normalized spacial score (nSPS) is 13.6. The molecule has 0 saturated carbocycles. The minimum Gasteiger partial charge on any atom is -0.334 e. The highest BCUT2D eigenvalue weighted by Crippen LogP contribution is 2.17. The third kappa shape index (κ3) is 4.42. The molecule has 7 heteroatoms. The van der Waals surface area contributed by atoms with Crippen molar-refractivity contribution in [1.29, 1.82) is 0 Å². The van der Waals surface area contributed by atoms with Crippen molar-refractivity contribution in [2.45, 2.75) is 32.2 Å². The van der Waals surface area contributed by atoms with Crippen molar-refractivity contribution >= 4 is 29.3 Å². The van der Waals surface area contributed by atoms with Crippen molar-refractivity contribution in [3.8, 4) is 0 Å². The number of nitrogens with one attached hydrogen (secondary N) is 1. The average molecular weight is 358 g/mol. The van der Waals surface area contributed by atoms with Crippen molar-refractivity contribution in [2.24, 2.45) is 0 Å². The molecule has 0 spiro atoms. The molecule has 2 heterocycles. The van der Waals surface area contributed by atoms with E-state index in [0.29, 0.717) is 36.3 Å². The van der Waals surface area contributed by atoms with Gasteiger partial charge in [0.1, 0.15) is 0 Å². The molecule has 25 heavy (non-hydrogen) atoms. The molecule has 0 radical (unpaired) electrons. The second kappa shape index (κ2) is 7.74. The van der Waals surface area contributed by atoms with Crippen LogP contribution in [-0.2, 0) is 17.9 Å². The largest absolute Gasteiger partial charge is 0.334 e. The fraction of sp³-hybridized carbons (Fsp3) is 0.389. The van der Waals surface area contributed by atoms with Crippen molar-refractivity contribution in [2.75, 3.05) is 17.6 Å². The topological polar surface area (TPSA) is 67.2 Å². The number of thioether (sulfide) groups is 1. The maximum atomic E-state index is 12.4. The quantitative estimate of drug-likeness (QED) is 0.892. The Hall–Kier alpha value is -2.28. The number of fused-ring (bicyclic) bond motifs is 1. The first-order chi connectivity index (χ1) is 12.0. The van der Waals surface area contributed by atoms with Crippen molar-refractivity contribution in [3.05, 3.63) is 47.8 Å². The number of benzene rings is 1. The van der Waals surface area contributed by atoms with Crippen molar-refractivity contribution < 1.29 is 9.59 Å². The average Bonchev–Trinajstić information content (AvgIpc) is 3.04. The smallest absolute Gasteiger partial charge is 0.276 e. The number of carbonyl (C=O) groups is 2. The molecule has 0 aliphatic carbocycles. The minimum atomic E-state index is -0.235. The number of nitrogens with zero attached hydrogens (tertiary/aromatic N) is 3. The summed E-state index contributed by atoms with van der Waals surface area (Å²) in [5, 5.41) is 7.65. The summed E-state index contributed by atoms with van der Waals surface area (Å²) in [5.74, 6) is 0.399. The van der Waals surface area contributed by atoms with Gasteiger partial charge in [0.05, 0.1) is 24.5 Å². The van der Waals surface area contributed by atoms with Crippen LogP contribution in [0.5, 0.6) is 0 Å². The van der Waals surface area contributed by atoms with E-state index in [1.165, 1.54) is 0 Å². The molecule has 132 valence electrons. The van der Waals surface area contributed by atoms with Crippen LogP contribution in [0.25, 0.3) is 0 Å². The second-order valence-corrected chi connectivity index (χ2v) is 7.80. The van der Waals surface area contributed by atoms with Crippen LogP contribution in [-0.4, -0.2) is 44.0 Å². The zero-order chi connectivity index (χ0) is 17.8. The number of rotatable bonds is 5. The lowest BCUT2D eigenvalue weighted by Crippen LogP contribution is -2.39. The van der Waals surface area contributed by atoms with Gasteiger partial charge in [-0.2, -0.15) is 5.10 Å². The summed E-state index contributed by atoms with van der Waals surface area (Å²) in [6.45, 7) is 5.92. The van der Waals surface area contributed by atoms with E-state index in [1.54, 1.807) is 17.8 Å². The number of aromatic nitrogens is 2. The van der Waals surface area contributed by atoms with Crippen LogP contribution in [0.4, 0.5) is 5.69 Å². The SMILES string of the molecule is CC(C)SCC(=O)N1CCn2nc(C(=O)Nc3ccccc3)cc2C1. The minimum absolute atomic E-state index is 0.140. The number of amides is 2. The highest BCUT2D eigenvalue weighted by atomic mass is 32.2. The van der Waals surface area contributed by atoms with Crippen LogP contribution in [0.15, 0.2) is 36.4 Å². The van der Waals surface area contributed by atoms with Gasteiger partial charge in [0.2, 0.25) is 5.91 Å². The first-order valence-electron chi connectivity index (χ1n) is 8.35. The van der Waals surface area contributed by atoms with E-state index in [2.05, 4.69) is 24.3 Å². The number of carbonyl (C=O) groups excluding carboxylic acids is 2. The van der Waals surface area contributed by atoms with E-state index in [-0.39, 0.29) is 11.8 Å². The van der Waals surface area contributed by atoms with E-state index in [4.69, 9.17) is 0 Å². The number of anilines is 1. The molecular formula is C18H22N4O2S. The summed E-state index contributed by atoms with van der Waals surface area (Å²) >= 11 is 1.65. The summed E-state index contributed by atoms with van der Waals surface area (Å²) in [5.41, 5.74) is 2.01. The molecule has 2 amide bonds. The van der Waals surface area contributed by atoms with Crippen molar-refractivity contribution in [1.82, 2.24) is 14.7 Å². The molecule has 0 saturated heterocycles. The maximum absolute atomic E-state index is 12.4. The number of hydrogen-bond acceptors (Lipinski definition) is 4. The summed E-state index contributed by atoms with van der Waals surface area (Å²) in [4.78, 5) is 26.5. The number of hydrogen-bond donors (Lipinski definition) is 1. The second-order valence-electron chi connectivity index (χ2n) is 6.24. The first kappa shape index (κ1) is 17.5. The Morgan fingerprint density at radius 2 is 2.00 bits per heavy atom. The Bertz CT molecular complexity index is 758. The monoisotopic (exact) mass is 358 g/mol. The molecular weight excluding hydrogens is 336 g/mol. The molecule has 1 N–H and O–H groups in total.